The molecule has 0 aliphatic carbocycles. The van der Waals surface area contributed by atoms with Gasteiger partial charge in [0, 0.05) is 18.0 Å². The predicted octanol–water partition coefficient (Wildman–Crippen LogP) is 3.74. The number of thiophene rings is 1. The van der Waals surface area contributed by atoms with Gasteiger partial charge in [0.25, 0.3) is 0 Å². The molecule has 6 nitrogen and oxygen atoms in total. The third-order valence-corrected chi connectivity index (χ3v) is 6.77. The number of aliphatic hydroxyl groups excluding tert-OH is 1. The fraction of sp³-hybridized carbons (Fsp3) is 0.542. The number of aliphatic hydroxyl groups is 1. The maximum Gasteiger partial charge on any atom is 0.237 e. The van der Waals surface area contributed by atoms with Crippen LogP contribution < -0.4 is 9.47 Å². The highest BCUT2D eigenvalue weighted by atomic mass is 32.1. The quantitative estimate of drug-likeness (QED) is 0.570. The van der Waals surface area contributed by atoms with Crippen molar-refractivity contribution in [2.75, 3.05) is 39.9 Å². The fourth-order valence-corrected chi connectivity index (χ4v) is 5.02. The van der Waals surface area contributed by atoms with Crippen LogP contribution in [0.15, 0.2) is 35.7 Å². The number of ether oxygens (including phenoxy) is 2. The van der Waals surface area contributed by atoms with Crippen LogP contribution in [-0.2, 0) is 11.2 Å². The molecule has 2 atom stereocenters. The normalized spacial score (nSPS) is 16.8. The number of hydrogen-bond acceptors (Lipinski definition) is 6. The van der Waals surface area contributed by atoms with Crippen molar-refractivity contribution in [3.63, 3.8) is 0 Å². The molecule has 0 spiro atoms. The van der Waals surface area contributed by atoms with E-state index in [1.165, 1.54) is 10.4 Å². The average molecular weight is 447 g/mol. The van der Waals surface area contributed by atoms with Crippen LogP contribution in [0.1, 0.15) is 43.2 Å². The summed E-state index contributed by atoms with van der Waals surface area (Å²) in [6, 6.07) is 9.56. The number of fused-ring (bicyclic) bond motifs is 1. The van der Waals surface area contributed by atoms with Crippen molar-refractivity contribution in [2.45, 2.75) is 45.3 Å². The van der Waals surface area contributed by atoms with Crippen molar-refractivity contribution in [1.29, 1.82) is 0 Å². The summed E-state index contributed by atoms with van der Waals surface area (Å²) >= 11 is 1.74. The van der Waals surface area contributed by atoms with E-state index in [9.17, 15) is 9.90 Å². The van der Waals surface area contributed by atoms with Crippen LogP contribution in [0, 0.1) is 0 Å². The Bertz CT molecular complexity index is 840. The van der Waals surface area contributed by atoms with E-state index >= 15 is 0 Å². The number of likely N-dealkylation sites (N-methyl/N-ethyl adjacent to an activating group) is 1. The van der Waals surface area contributed by atoms with Crippen molar-refractivity contribution >= 4 is 17.2 Å². The van der Waals surface area contributed by atoms with Gasteiger partial charge in [0.1, 0.15) is 6.61 Å². The first kappa shape index (κ1) is 23.6. The molecule has 31 heavy (non-hydrogen) atoms. The van der Waals surface area contributed by atoms with E-state index in [-0.39, 0.29) is 11.9 Å². The lowest BCUT2D eigenvalue weighted by molar-refractivity contribution is -0.136. The van der Waals surface area contributed by atoms with Crippen LogP contribution in [-0.4, -0.2) is 66.8 Å². The second kappa shape index (κ2) is 11.5. The third-order valence-electron chi connectivity index (χ3n) is 5.78. The highest BCUT2D eigenvalue weighted by Gasteiger charge is 2.33. The molecule has 3 rings (SSSR count). The first-order valence-electron chi connectivity index (χ1n) is 11.1. The van der Waals surface area contributed by atoms with Gasteiger partial charge >= 0.3 is 0 Å². The molecule has 2 heterocycles. The van der Waals surface area contributed by atoms with E-state index in [0.717, 1.165) is 25.8 Å². The lowest BCUT2D eigenvalue weighted by Gasteiger charge is -2.37. The number of carbonyl (C=O) groups is 1. The molecular weight excluding hydrogens is 412 g/mol. The minimum atomic E-state index is -0.396. The molecule has 0 fully saturated rings. The highest BCUT2D eigenvalue weighted by Crippen LogP contribution is 2.35. The van der Waals surface area contributed by atoms with E-state index in [0.29, 0.717) is 37.7 Å². The molecule has 0 radical (unpaired) electrons. The molecule has 170 valence electrons. The zero-order valence-corrected chi connectivity index (χ0v) is 19.6. The number of rotatable bonds is 11. The van der Waals surface area contributed by atoms with Gasteiger partial charge < -0.3 is 19.5 Å². The molecule has 1 N–H and O–H groups in total. The van der Waals surface area contributed by atoms with Gasteiger partial charge in [-0.1, -0.05) is 32.4 Å². The Morgan fingerprint density at radius 2 is 2.06 bits per heavy atom. The fourth-order valence-electron chi connectivity index (χ4n) is 4.09. The van der Waals surface area contributed by atoms with Crippen molar-refractivity contribution in [3.8, 4) is 11.5 Å². The Morgan fingerprint density at radius 3 is 2.77 bits per heavy atom. The molecule has 2 aromatic rings. The van der Waals surface area contributed by atoms with E-state index in [1.54, 1.807) is 18.4 Å². The van der Waals surface area contributed by atoms with E-state index in [4.69, 9.17) is 9.47 Å². The zero-order valence-electron chi connectivity index (χ0n) is 18.8. The second-order valence-electron chi connectivity index (χ2n) is 7.88. The zero-order chi connectivity index (χ0) is 22.2. The molecule has 1 aromatic heterocycles. The summed E-state index contributed by atoms with van der Waals surface area (Å²) in [6.45, 7) is 6.71. The van der Waals surface area contributed by atoms with Gasteiger partial charge in [-0.05, 0) is 48.5 Å². The number of methoxy groups -OCH3 is 1. The topological polar surface area (TPSA) is 62.2 Å². The van der Waals surface area contributed by atoms with Gasteiger partial charge in [-0.15, -0.1) is 11.3 Å². The van der Waals surface area contributed by atoms with E-state index in [2.05, 4.69) is 18.4 Å². The summed E-state index contributed by atoms with van der Waals surface area (Å²) in [5.74, 6) is 1.44. The number of para-hydroxylation sites is 2. The predicted molar refractivity (Wildman–Crippen MR) is 124 cm³/mol. The summed E-state index contributed by atoms with van der Waals surface area (Å²) < 4.78 is 11.5. The lowest BCUT2D eigenvalue weighted by atomic mass is 10.0. The largest absolute Gasteiger partial charge is 0.493 e. The Hall–Kier alpha value is -2.09. The van der Waals surface area contributed by atoms with Crippen LogP contribution >= 0.6 is 11.3 Å². The summed E-state index contributed by atoms with van der Waals surface area (Å²) in [4.78, 5) is 18.6. The molecule has 1 amide bonds. The summed E-state index contributed by atoms with van der Waals surface area (Å²) in [6.07, 6.45) is 2.16. The Labute approximate surface area is 189 Å². The number of benzene rings is 1. The maximum absolute atomic E-state index is 13.3. The van der Waals surface area contributed by atoms with Crippen LogP contribution in [0.25, 0.3) is 0 Å². The lowest BCUT2D eigenvalue weighted by Crippen LogP contribution is -2.47. The van der Waals surface area contributed by atoms with Gasteiger partial charge in [-0.25, -0.2) is 0 Å². The summed E-state index contributed by atoms with van der Waals surface area (Å²) in [5, 5.41) is 12.3. The Balaban J connectivity index is 1.72. The molecule has 0 saturated carbocycles. The molecule has 7 heteroatoms. The number of amides is 1. The van der Waals surface area contributed by atoms with Crippen LogP contribution in [0.4, 0.5) is 0 Å². The number of nitrogens with zero attached hydrogens (tertiary/aromatic N) is 2. The van der Waals surface area contributed by atoms with Crippen molar-refractivity contribution in [2.24, 2.45) is 0 Å². The first-order chi connectivity index (χ1) is 15.1. The smallest absolute Gasteiger partial charge is 0.237 e. The van der Waals surface area contributed by atoms with Crippen LogP contribution in [0.3, 0.4) is 0 Å². The molecule has 0 bridgehead atoms. The molecule has 0 unspecified atom stereocenters. The van der Waals surface area contributed by atoms with Gasteiger partial charge in [-0.3, -0.25) is 9.69 Å². The van der Waals surface area contributed by atoms with Crippen molar-refractivity contribution < 1.29 is 19.4 Å². The van der Waals surface area contributed by atoms with Crippen LogP contribution in [0.2, 0.25) is 0 Å². The van der Waals surface area contributed by atoms with Gasteiger partial charge in [0.2, 0.25) is 5.91 Å². The molecular formula is C24H34N2O4S. The monoisotopic (exact) mass is 446 g/mol. The molecule has 1 aliphatic heterocycles. The van der Waals surface area contributed by atoms with Crippen molar-refractivity contribution in [3.05, 3.63) is 46.2 Å². The number of carbonyl (C=O) groups excluding carboxylic acids is 1. The Morgan fingerprint density at radius 1 is 1.29 bits per heavy atom. The maximum atomic E-state index is 13.3. The standard InChI is InChI=1S/C24H34N2O4S/c1-4-8-18(27)15-25(5-2)16-24(28)26-13-11-23-19(12-14-31-23)20(26)17-30-22-10-7-6-9-21(22)29-3/h6-7,9-10,12,14,18,20,27H,4-5,8,11,13,15-17H2,1-3H3/t18-,20+/m0/s1. The molecule has 1 aliphatic rings. The SMILES string of the molecule is CCC[C@H](O)CN(CC)CC(=O)N1CCc2sccc2[C@H]1COc1ccccc1OC. The Kier molecular flexibility index (Phi) is 8.75. The van der Waals surface area contributed by atoms with Gasteiger partial charge in [0.05, 0.1) is 25.8 Å². The van der Waals surface area contributed by atoms with Crippen LogP contribution in [0.5, 0.6) is 11.5 Å². The number of hydrogen-bond donors (Lipinski definition) is 1. The third kappa shape index (κ3) is 5.99. The molecule has 1 aromatic carbocycles. The first-order valence-corrected chi connectivity index (χ1v) is 12.0. The van der Waals surface area contributed by atoms with E-state index in [1.807, 2.05) is 41.0 Å². The minimum Gasteiger partial charge on any atom is -0.493 e. The van der Waals surface area contributed by atoms with Crippen molar-refractivity contribution in [1.82, 2.24) is 9.80 Å². The summed E-state index contributed by atoms with van der Waals surface area (Å²) in [7, 11) is 1.63. The summed E-state index contributed by atoms with van der Waals surface area (Å²) in [5.41, 5.74) is 1.17. The van der Waals surface area contributed by atoms with Gasteiger partial charge in [-0.2, -0.15) is 0 Å². The second-order valence-corrected chi connectivity index (χ2v) is 8.88. The van der Waals surface area contributed by atoms with Gasteiger partial charge in [0.15, 0.2) is 11.5 Å². The average Bonchev–Trinajstić information content (AvgIpc) is 3.26. The highest BCUT2D eigenvalue weighted by molar-refractivity contribution is 7.10. The molecule has 0 saturated heterocycles. The minimum absolute atomic E-state index is 0.0797. The van der Waals surface area contributed by atoms with E-state index < -0.39 is 6.10 Å².